The molecule has 0 aromatic carbocycles. The van der Waals surface area contributed by atoms with Gasteiger partial charge in [-0.15, -0.1) is 0 Å². The number of carbonyl (C=O) groups is 1. The molecule has 3 rings (SSSR count). The van der Waals surface area contributed by atoms with Crippen molar-refractivity contribution < 1.29 is 14.1 Å². The lowest BCUT2D eigenvalue weighted by molar-refractivity contribution is -0.146. The van der Waals surface area contributed by atoms with Crippen LogP contribution in [0.2, 0.25) is 0 Å². The maximum absolute atomic E-state index is 12.2. The average molecular weight is 307 g/mol. The van der Waals surface area contributed by atoms with Crippen LogP contribution in [0.3, 0.4) is 0 Å². The van der Waals surface area contributed by atoms with Crippen LogP contribution in [0.15, 0.2) is 10.6 Å². The quantitative estimate of drug-likeness (QED) is 0.895. The zero-order valence-corrected chi connectivity index (χ0v) is 13.4. The number of nitrogens with zero attached hydrogens (tertiary/aromatic N) is 1. The van der Waals surface area contributed by atoms with Crippen LogP contribution in [-0.4, -0.2) is 29.9 Å². The van der Waals surface area contributed by atoms with Gasteiger partial charge in [0, 0.05) is 24.1 Å². The van der Waals surface area contributed by atoms with Crippen molar-refractivity contribution in [3.05, 3.63) is 11.8 Å². The monoisotopic (exact) mass is 307 g/mol. The van der Waals surface area contributed by atoms with Gasteiger partial charge in [0.25, 0.3) is 0 Å². The first-order chi connectivity index (χ1) is 10.6. The second-order valence-electron chi connectivity index (χ2n) is 6.45. The molecule has 1 heterocycles. The fourth-order valence-corrected chi connectivity index (χ4v) is 4.00. The summed E-state index contributed by atoms with van der Waals surface area (Å²) in [6.07, 6.45) is 7.23. The number of aryl methyl sites for hydroxylation is 1. The fourth-order valence-electron chi connectivity index (χ4n) is 4.00. The number of urea groups is 1. The van der Waals surface area contributed by atoms with Gasteiger partial charge in [-0.1, -0.05) is 24.4 Å². The Morgan fingerprint density at radius 3 is 2.86 bits per heavy atom. The van der Waals surface area contributed by atoms with Gasteiger partial charge in [-0.3, -0.25) is 5.32 Å². The van der Waals surface area contributed by atoms with Crippen LogP contribution < -0.4 is 10.6 Å². The Kier molecular flexibility index (Phi) is 4.38. The van der Waals surface area contributed by atoms with E-state index in [1.54, 1.807) is 13.0 Å². The molecule has 2 aliphatic rings. The number of amides is 2. The maximum Gasteiger partial charge on any atom is 0.320 e. The van der Waals surface area contributed by atoms with E-state index in [0.29, 0.717) is 11.6 Å². The van der Waals surface area contributed by atoms with Gasteiger partial charge in [-0.2, -0.15) is 0 Å². The molecule has 0 unspecified atom stereocenters. The van der Waals surface area contributed by atoms with E-state index in [2.05, 4.69) is 15.8 Å². The standard InChI is InChI=1S/C16H25N3O3/c1-3-21-13-10-12(16(13)7-5-4-6-8-16)17-15(20)18-14-9-11(2)22-19-14/h9,12-13H,3-8,10H2,1-2H3,(H2,17,18,19,20)/t12-,13+/m0/s1. The molecule has 2 amide bonds. The molecule has 1 aromatic rings. The minimum absolute atomic E-state index is 0.130. The lowest BCUT2D eigenvalue weighted by atomic mass is 9.55. The van der Waals surface area contributed by atoms with E-state index >= 15 is 0 Å². The second kappa shape index (κ2) is 6.28. The van der Waals surface area contributed by atoms with Crippen molar-refractivity contribution >= 4 is 11.8 Å². The maximum atomic E-state index is 12.2. The minimum Gasteiger partial charge on any atom is -0.378 e. The van der Waals surface area contributed by atoms with Crippen LogP contribution in [0, 0.1) is 12.3 Å². The zero-order valence-electron chi connectivity index (χ0n) is 13.4. The van der Waals surface area contributed by atoms with Gasteiger partial charge < -0.3 is 14.6 Å². The van der Waals surface area contributed by atoms with Crippen LogP contribution in [0.5, 0.6) is 0 Å². The number of ether oxygens (including phenoxy) is 1. The highest BCUT2D eigenvalue weighted by Gasteiger charge is 2.56. The third-order valence-electron chi connectivity index (χ3n) is 5.11. The molecule has 6 nitrogen and oxygen atoms in total. The molecule has 0 radical (unpaired) electrons. The summed E-state index contributed by atoms with van der Waals surface area (Å²) in [7, 11) is 0. The summed E-state index contributed by atoms with van der Waals surface area (Å²) in [5.41, 5.74) is 0.130. The zero-order chi connectivity index (χ0) is 15.6. The smallest absolute Gasteiger partial charge is 0.320 e. The van der Waals surface area contributed by atoms with Gasteiger partial charge in [0.2, 0.25) is 0 Å². The van der Waals surface area contributed by atoms with Crippen LogP contribution >= 0.6 is 0 Å². The van der Waals surface area contributed by atoms with Crippen LogP contribution in [0.1, 0.15) is 51.2 Å². The number of hydrogen-bond donors (Lipinski definition) is 2. The van der Waals surface area contributed by atoms with Crippen LogP contribution in [0.25, 0.3) is 0 Å². The summed E-state index contributed by atoms with van der Waals surface area (Å²) < 4.78 is 10.9. The highest BCUT2D eigenvalue weighted by atomic mass is 16.5. The van der Waals surface area contributed by atoms with Crippen molar-refractivity contribution in [2.45, 2.75) is 64.5 Å². The molecule has 22 heavy (non-hydrogen) atoms. The van der Waals surface area contributed by atoms with Gasteiger partial charge in [-0.05, 0) is 33.1 Å². The molecule has 2 fully saturated rings. The van der Waals surface area contributed by atoms with Gasteiger partial charge in [-0.25, -0.2) is 4.79 Å². The Bertz CT molecular complexity index is 522. The first-order valence-corrected chi connectivity index (χ1v) is 8.26. The first kappa shape index (κ1) is 15.3. The molecule has 0 saturated heterocycles. The molecule has 2 atom stereocenters. The van der Waals surface area contributed by atoms with Gasteiger partial charge in [0.15, 0.2) is 5.82 Å². The summed E-state index contributed by atoms with van der Waals surface area (Å²) in [4.78, 5) is 12.2. The number of carbonyl (C=O) groups excluding carboxylic acids is 1. The molecule has 0 bridgehead atoms. The predicted molar refractivity (Wildman–Crippen MR) is 82.7 cm³/mol. The molecular formula is C16H25N3O3. The van der Waals surface area contributed by atoms with Crippen molar-refractivity contribution in [2.75, 3.05) is 11.9 Å². The van der Waals surface area contributed by atoms with E-state index in [1.807, 2.05) is 6.92 Å². The van der Waals surface area contributed by atoms with E-state index in [-0.39, 0.29) is 23.6 Å². The number of hydrogen-bond acceptors (Lipinski definition) is 4. The third kappa shape index (κ3) is 2.84. The van der Waals surface area contributed by atoms with Crippen molar-refractivity contribution in [2.24, 2.45) is 5.41 Å². The molecule has 1 spiro atoms. The summed E-state index contributed by atoms with van der Waals surface area (Å²) >= 11 is 0. The van der Waals surface area contributed by atoms with E-state index in [4.69, 9.17) is 9.26 Å². The summed E-state index contributed by atoms with van der Waals surface area (Å²) in [6, 6.07) is 1.69. The van der Waals surface area contributed by atoms with Crippen molar-refractivity contribution in [1.82, 2.24) is 10.5 Å². The highest BCUT2D eigenvalue weighted by Crippen LogP contribution is 2.53. The Balaban J connectivity index is 1.60. The summed E-state index contributed by atoms with van der Waals surface area (Å²) in [5, 5.41) is 9.63. The predicted octanol–water partition coefficient (Wildman–Crippen LogP) is 3.23. The van der Waals surface area contributed by atoms with Crippen LogP contribution in [-0.2, 0) is 4.74 Å². The Morgan fingerprint density at radius 1 is 1.45 bits per heavy atom. The van der Waals surface area contributed by atoms with E-state index in [0.717, 1.165) is 25.9 Å². The van der Waals surface area contributed by atoms with Gasteiger partial charge >= 0.3 is 6.03 Å². The molecule has 2 saturated carbocycles. The number of nitrogens with one attached hydrogen (secondary N) is 2. The minimum atomic E-state index is -0.210. The topological polar surface area (TPSA) is 76.4 Å². The summed E-state index contributed by atoms with van der Waals surface area (Å²) in [5.74, 6) is 1.13. The molecule has 6 heteroatoms. The molecule has 0 aliphatic heterocycles. The van der Waals surface area contributed by atoms with Crippen LogP contribution in [0.4, 0.5) is 10.6 Å². The number of anilines is 1. The second-order valence-corrected chi connectivity index (χ2v) is 6.45. The Labute approximate surface area is 131 Å². The SMILES string of the molecule is CCO[C@@H]1C[C@H](NC(=O)Nc2cc(C)on2)C12CCCCC2. The molecule has 122 valence electrons. The van der Waals surface area contributed by atoms with Crippen molar-refractivity contribution in [3.8, 4) is 0 Å². The number of rotatable bonds is 4. The number of aromatic nitrogens is 1. The molecule has 1 aromatic heterocycles. The molecule has 2 aliphatic carbocycles. The highest BCUT2D eigenvalue weighted by molar-refractivity contribution is 5.88. The first-order valence-electron chi connectivity index (χ1n) is 8.26. The molecular weight excluding hydrogens is 282 g/mol. The Morgan fingerprint density at radius 2 is 2.23 bits per heavy atom. The van der Waals surface area contributed by atoms with Crippen molar-refractivity contribution in [1.29, 1.82) is 0 Å². The van der Waals surface area contributed by atoms with E-state index in [9.17, 15) is 4.79 Å². The van der Waals surface area contributed by atoms with Gasteiger partial charge in [0.1, 0.15) is 5.76 Å². The average Bonchev–Trinajstić information content (AvgIpc) is 2.92. The lowest BCUT2D eigenvalue weighted by Crippen LogP contribution is -2.65. The summed E-state index contributed by atoms with van der Waals surface area (Å²) in [6.45, 7) is 4.58. The lowest BCUT2D eigenvalue weighted by Gasteiger charge is -2.57. The van der Waals surface area contributed by atoms with Crippen molar-refractivity contribution in [3.63, 3.8) is 0 Å². The largest absolute Gasteiger partial charge is 0.378 e. The van der Waals surface area contributed by atoms with Gasteiger partial charge in [0.05, 0.1) is 6.10 Å². The van der Waals surface area contributed by atoms with E-state index < -0.39 is 0 Å². The third-order valence-corrected chi connectivity index (χ3v) is 5.11. The fraction of sp³-hybridized carbons (Fsp3) is 0.750. The van der Waals surface area contributed by atoms with E-state index in [1.165, 1.54) is 19.3 Å². The normalized spacial score (nSPS) is 26.5. The molecule has 2 N–H and O–H groups in total. The Hall–Kier alpha value is -1.56.